The fourth-order valence-electron chi connectivity index (χ4n) is 2.30. The molecular formula is C12H15N3O4. The van der Waals surface area contributed by atoms with Crippen molar-refractivity contribution in [1.82, 2.24) is 4.98 Å². The minimum absolute atomic E-state index is 0.268. The lowest BCUT2D eigenvalue weighted by Crippen LogP contribution is -2.23. The van der Waals surface area contributed by atoms with Gasteiger partial charge in [0.1, 0.15) is 17.6 Å². The van der Waals surface area contributed by atoms with E-state index in [0.29, 0.717) is 5.82 Å². The Hall–Kier alpha value is -2.18. The number of nitro groups is 1. The van der Waals surface area contributed by atoms with Crippen molar-refractivity contribution < 1.29 is 14.8 Å². The molecule has 19 heavy (non-hydrogen) atoms. The van der Waals surface area contributed by atoms with Crippen LogP contribution in [0, 0.1) is 10.1 Å². The molecule has 0 aromatic carbocycles. The Kier molecular flexibility index (Phi) is 3.94. The van der Waals surface area contributed by atoms with Gasteiger partial charge in [0.2, 0.25) is 0 Å². The Morgan fingerprint density at radius 1 is 1.42 bits per heavy atom. The molecule has 102 valence electrons. The highest BCUT2D eigenvalue weighted by Gasteiger charge is 2.22. The first kappa shape index (κ1) is 13.3. The molecule has 0 spiro atoms. The van der Waals surface area contributed by atoms with Gasteiger partial charge >= 0.3 is 11.7 Å². The molecule has 1 aliphatic rings. The van der Waals surface area contributed by atoms with Crippen molar-refractivity contribution in [3.05, 3.63) is 27.9 Å². The predicted molar refractivity (Wildman–Crippen MR) is 68.3 cm³/mol. The molecule has 0 bridgehead atoms. The molecule has 1 heterocycles. The number of carbonyl (C=O) groups is 1. The molecular weight excluding hydrogens is 250 g/mol. The molecule has 7 heteroatoms. The minimum Gasteiger partial charge on any atom is -0.477 e. The Morgan fingerprint density at radius 2 is 2.11 bits per heavy atom. The number of nitrogens with one attached hydrogen (secondary N) is 1. The van der Waals surface area contributed by atoms with Crippen molar-refractivity contribution >= 4 is 17.5 Å². The third-order valence-electron chi connectivity index (χ3n) is 3.27. The molecule has 0 amide bonds. The summed E-state index contributed by atoms with van der Waals surface area (Å²) in [5.41, 5.74) is -0.819. The zero-order valence-electron chi connectivity index (χ0n) is 10.3. The standard InChI is InChI=1S/C12H15N3O4/c16-12(17)9-6-11(13-7-10(9)15(18)19)14-8-4-2-1-3-5-8/h6-8H,1-5H2,(H,13,14)(H,16,17). The number of rotatable bonds is 4. The predicted octanol–water partition coefficient (Wildman–Crippen LogP) is 2.43. The lowest BCUT2D eigenvalue weighted by atomic mass is 9.95. The number of carboxylic acid groups (broad SMARTS) is 1. The zero-order valence-corrected chi connectivity index (χ0v) is 10.3. The van der Waals surface area contributed by atoms with E-state index in [-0.39, 0.29) is 11.6 Å². The first-order valence-corrected chi connectivity index (χ1v) is 6.22. The summed E-state index contributed by atoms with van der Waals surface area (Å²) in [6.07, 6.45) is 6.51. The first-order chi connectivity index (χ1) is 9.08. The number of nitrogens with zero attached hydrogens (tertiary/aromatic N) is 2. The summed E-state index contributed by atoms with van der Waals surface area (Å²) in [4.78, 5) is 24.9. The van der Waals surface area contributed by atoms with Crippen molar-refractivity contribution in [3.63, 3.8) is 0 Å². The van der Waals surface area contributed by atoms with Gasteiger partial charge in [0.05, 0.1) is 4.92 Å². The van der Waals surface area contributed by atoms with E-state index in [9.17, 15) is 14.9 Å². The monoisotopic (exact) mass is 265 g/mol. The van der Waals surface area contributed by atoms with Crippen LogP contribution in [0.2, 0.25) is 0 Å². The molecule has 2 rings (SSSR count). The summed E-state index contributed by atoms with van der Waals surface area (Å²) < 4.78 is 0. The van der Waals surface area contributed by atoms with Crippen LogP contribution < -0.4 is 5.32 Å². The third kappa shape index (κ3) is 3.18. The molecule has 0 unspecified atom stereocenters. The van der Waals surface area contributed by atoms with Gasteiger partial charge in [0.25, 0.3) is 0 Å². The van der Waals surface area contributed by atoms with E-state index in [1.54, 1.807) is 0 Å². The molecule has 1 fully saturated rings. The number of aromatic nitrogens is 1. The maximum absolute atomic E-state index is 11.0. The number of hydrogen-bond acceptors (Lipinski definition) is 5. The highest BCUT2D eigenvalue weighted by molar-refractivity contribution is 5.93. The van der Waals surface area contributed by atoms with Crippen LogP contribution in [0.15, 0.2) is 12.3 Å². The fraction of sp³-hybridized carbons (Fsp3) is 0.500. The van der Waals surface area contributed by atoms with Crippen LogP contribution in [-0.2, 0) is 0 Å². The largest absolute Gasteiger partial charge is 0.477 e. The van der Waals surface area contributed by atoms with Crippen molar-refractivity contribution in [1.29, 1.82) is 0 Å². The molecule has 0 saturated heterocycles. The smallest absolute Gasteiger partial charge is 0.342 e. The van der Waals surface area contributed by atoms with Crippen molar-refractivity contribution in [3.8, 4) is 0 Å². The second kappa shape index (κ2) is 5.64. The quantitative estimate of drug-likeness (QED) is 0.639. The Morgan fingerprint density at radius 3 is 2.68 bits per heavy atom. The van der Waals surface area contributed by atoms with E-state index < -0.39 is 16.6 Å². The van der Waals surface area contributed by atoms with E-state index >= 15 is 0 Å². The van der Waals surface area contributed by atoms with Gasteiger partial charge in [-0.05, 0) is 12.8 Å². The first-order valence-electron chi connectivity index (χ1n) is 6.22. The molecule has 0 aliphatic heterocycles. The average molecular weight is 265 g/mol. The highest BCUT2D eigenvalue weighted by Crippen LogP contribution is 2.24. The fourth-order valence-corrected chi connectivity index (χ4v) is 2.30. The summed E-state index contributed by atoms with van der Waals surface area (Å²) >= 11 is 0. The minimum atomic E-state index is -1.32. The van der Waals surface area contributed by atoms with Crippen LogP contribution in [0.5, 0.6) is 0 Å². The van der Waals surface area contributed by atoms with Crippen LogP contribution in [0.1, 0.15) is 42.5 Å². The van der Waals surface area contributed by atoms with E-state index in [0.717, 1.165) is 31.9 Å². The van der Waals surface area contributed by atoms with Crippen LogP contribution in [0.4, 0.5) is 11.5 Å². The van der Waals surface area contributed by atoms with Crippen molar-refractivity contribution in [2.75, 3.05) is 5.32 Å². The zero-order chi connectivity index (χ0) is 13.8. The second-order valence-electron chi connectivity index (χ2n) is 4.63. The average Bonchev–Trinajstić information content (AvgIpc) is 2.39. The van der Waals surface area contributed by atoms with Gasteiger partial charge in [0, 0.05) is 12.1 Å². The molecule has 1 aromatic heterocycles. The number of pyridine rings is 1. The van der Waals surface area contributed by atoms with Gasteiger partial charge in [-0.25, -0.2) is 9.78 Å². The highest BCUT2D eigenvalue weighted by atomic mass is 16.6. The molecule has 2 N–H and O–H groups in total. The Bertz CT molecular complexity index is 498. The SMILES string of the molecule is O=C(O)c1cc(NC2CCCCC2)ncc1[N+](=O)[O-]. The lowest BCUT2D eigenvalue weighted by Gasteiger charge is -2.23. The summed E-state index contributed by atoms with van der Waals surface area (Å²) in [6.45, 7) is 0. The number of carboxylic acids is 1. The lowest BCUT2D eigenvalue weighted by molar-refractivity contribution is -0.385. The van der Waals surface area contributed by atoms with Crippen molar-refractivity contribution in [2.24, 2.45) is 0 Å². The normalized spacial score (nSPS) is 16.0. The topological polar surface area (TPSA) is 105 Å². The molecule has 0 radical (unpaired) electrons. The van der Waals surface area contributed by atoms with Gasteiger partial charge in [-0.1, -0.05) is 19.3 Å². The van der Waals surface area contributed by atoms with Gasteiger partial charge in [-0.2, -0.15) is 0 Å². The molecule has 1 aromatic rings. The second-order valence-corrected chi connectivity index (χ2v) is 4.63. The van der Waals surface area contributed by atoms with Gasteiger partial charge in [-0.3, -0.25) is 10.1 Å². The maximum atomic E-state index is 11.0. The van der Waals surface area contributed by atoms with E-state index in [2.05, 4.69) is 10.3 Å². The van der Waals surface area contributed by atoms with Gasteiger partial charge in [-0.15, -0.1) is 0 Å². The third-order valence-corrected chi connectivity index (χ3v) is 3.27. The van der Waals surface area contributed by atoms with E-state index in [1.165, 1.54) is 12.5 Å². The van der Waals surface area contributed by atoms with Gasteiger partial charge in [0.15, 0.2) is 0 Å². The Labute approximate surface area is 109 Å². The summed E-state index contributed by atoms with van der Waals surface area (Å²) in [5, 5.41) is 22.8. The molecule has 1 saturated carbocycles. The number of hydrogen-bond donors (Lipinski definition) is 2. The van der Waals surface area contributed by atoms with E-state index in [4.69, 9.17) is 5.11 Å². The van der Waals surface area contributed by atoms with Crippen LogP contribution in [0.3, 0.4) is 0 Å². The van der Waals surface area contributed by atoms with Crippen LogP contribution in [-0.4, -0.2) is 27.0 Å². The molecule has 0 atom stereocenters. The number of anilines is 1. The van der Waals surface area contributed by atoms with Gasteiger partial charge < -0.3 is 10.4 Å². The Balaban J connectivity index is 2.20. The summed E-state index contributed by atoms with van der Waals surface area (Å²) in [7, 11) is 0. The van der Waals surface area contributed by atoms with E-state index in [1.807, 2.05) is 0 Å². The number of aromatic carboxylic acids is 1. The van der Waals surface area contributed by atoms with Crippen LogP contribution in [0.25, 0.3) is 0 Å². The molecule has 1 aliphatic carbocycles. The summed E-state index contributed by atoms with van der Waals surface area (Å²) in [5.74, 6) is -0.935. The maximum Gasteiger partial charge on any atom is 0.342 e. The van der Waals surface area contributed by atoms with Crippen LogP contribution >= 0.6 is 0 Å². The summed E-state index contributed by atoms with van der Waals surface area (Å²) in [6, 6.07) is 1.50. The van der Waals surface area contributed by atoms with Crippen molar-refractivity contribution in [2.45, 2.75) is 38.1 Å². The molecule has 7 nitrogen and oxygen atoms in total.